The Morgan fingerprint density at radius 2 is 2.27 bits per heavy atom. The van der Waals surface area contributed by atoms with Gasteiger partial charge in [-0.2, -0.15) is 5.10 Å². The van der Waals surface area contributed by atoms with Gasteiger partial charge in [-0.05, 0) is 30.9 Å². The van der Waals surface area contributed by atoms with E-state index in [1.165, 1.54) is 22.0 Å². The Morgan fingerprint density at radius 1 is 1.40 bits per heavy atom. The number of aromatic amines is 1. The number of nitrogens with zero attached hydrogens (tertiary/aromatic N) is 4. The van der Waals surface area contributed by atoms with Gasteiger partial charge in [-0.1, -0.05) is 18.2 Å². The van der Waals surface area contributed by atoms with Crippen LogP contribution >= 0.6 is 24.0 Å². The van der Waals surface area contributed by atoms with Crippen molar-refractivity contribution in [2.75, 3.05) is 20.7 Å². The fraction of sp³-hybridized carbons (Fsp3) is 0.476. The van der Waals surface area contributed by atoms with Crippen LogP contribution in [0.15, 0.2) is 29.4 Å². The highest BCUT2D eigenvalue weighted by Gasteiger charge is 2.22. The number of ether oxygens (including phenoxy) is 1. The zero-order valence-corrected chi connectivity index (χ0v) is 20.1. The first-order chi connectivity index (χ1) is 14.2. The summed E-state index contributed by atoms with van der Waals surface area (Å²) in [5.41, 5.74) is 3.82. The van der Waals surface area contributed by atoms with Crippen LogP contribution in [0.4, 0.5) is 0 Å². The maximum Gasteiger partial charge on any atom is 0.191 e. The molecule has 0 spiro atoms. The van der Waals surface area contributed by atoms with Gasteiger partial charge in [0.15, 0.2) is 11.8 Å². The number of aliphatic imine (C=N–C) groups is 1. The molecule has 1 aromatic carbocycles. The Hall–Kier alpha value is -2.14. The third kappa shape index (κ3) is 4.94. The molecular weight excluding hydrogens is 493 g/mol. The van der Waals surface area contributed by atoms with E-state index in [0.717, 1.165) is 50.0 Å². The van der Waals surface area contributed by atoms with Gasteiger partial charge in [0.2, 0.25) is 0 Å². The molecule has 9 heteroatoms. The van der Waals surface area contributed by atoms with Crippen LogP contribution in [0.25, 0.3) is 10.9 Å². The fourth-order valence-electron chi connectivity index (χ4n) is 3.94. The number of halogens is 1. The Morgan fingerprint density at radius 3 is 3.07 bits per heavy atom. The molecule has 3 heterocycles. The second-order valence-corrected chi connectivity index (χ2v) is 7.50. The molecule has 162 valence electrons. The molecule has 0 saturated heterocycles. The summed E-state index contributed by atoms with van der Waals surface area (Å²) in [5, 5.41) is 12.8. The molecule has 1 atom stereocenters. The first-order valence-electron chi connectivity index (χ1n) is 10.1. The minimum absolute atomic E-state index is 0. The van der Waals surface area contributed by atoms with E-state index in [9.17, 15) is 0 Å². The standard InChI is InChI=1S/C21H29N7O.HI/c1-14-5-4-6-17-15(11-24-20(14)17)9-10-23-21(22-2)25-16-7-8-19-26-18(13-29-3)27-28(19)12-16;/h4-6,11,16,24H,7-10,12-13H2,1-3H3,(H2,22,23,25);1H. The molecule has 0 fully saturated rings. The first kappa shape index (κ1) is 22.5. The zero-order chi connectivity index (χ0) is 20.2. The molecule has 0 aliphatic carbocycles. The van der Waals surface area contributed by atoms with Crippen LogP contribution in [0.1, 0.15) is 29.2 Å². The average Bonchev–Trinajstić information content (AvgIpc) is 3.31. The van der Waals surface area contributed by atoms with Gasteiger partial charge in [-0.25, -0.2) is 9.67 Å². The molecule has 8 nitrogen and oxygen atoms in total. The minimum atomic E-state index is 0. The van der Waals surface area contributed by atoms with Gasteiger partial charge in [-0.15, -0.1) is 24.0 Å². The molecule has 4 rings (SSSR count). The highest BCUT2D eigenvalue weighted by molar-refractivity contribution is 14.0. The summed E-state index contributed by atoms with van der Waals surface area (Å²) in [7, 11) is 3.47. The number of nitrogens with one attached hydrogen (secondary N) is 3. The number of hydrogen-bond donors (Lipinski definition) is 3. The van der Waals surface area contributed by atoms with Crippen molar-refractivity contribution in [2.45, 2.75) is 45.4 Å². The SMILES string of the molecule is CN=C(NCCc1c[nH]c2c(C)cccc12)NC1CCc2nc(COC)nn2C1.I. The Kier molecular flexibility index (Phi) is 7.70. The van der Waals surface area contributed by atoms with Crippen molar-refractivity contribution in [2.24, 2.45) is 4.99 Å². The molecule has 1 unspecified atom stereocenters. The number of aromatic nitrogens is 4. The molecule has 1 aliphatic rings. The van der Waals surface area contributed by atoms with E-state index in [4.69, 9.17) is 4.74 Å². The van der Waals surface area contributed by atoms with Crippen molar-refractivity contribution in [1.82, 2.24) is 30.4 Å². The van der Waals surface area contributed by atoms with E-state index in [2.05, 4.69) is 62.0 Å². The van der Waals surface area contributed by atoms with Crippen LogP contribution in [0.3, 0.4) is 0 Å². The van der Waals surface area contributed by atoms with Crippen LogP contribution in [0.2, 0.25) is 0 Å². The lowest BCUT2D eigenvalue weighted by Crippen LogP contribution is -2.47. The van der Waals surface area contributed by atoms with Crippen molar-refractivity contribution in [1.29, 1.82) is 0 Å². The lowest BCUT2D eigenvalue weighted by molar-refractivity contribution is 0.177. The summed E-state index contributed by atoms with van der Waals surface area (Å²) in [4.78, 5) is 12.3. The summed E-state index contributed by atoms with van der Waals surface area (Å²) in [6.07, 6.45) is 4.95. The van der Waals surface area contributed by atoms with Crippen LogP contribution in [-0.2, 0) is 30.7 Å². The Bertz CT molecular complexity index is 1010. The van der Waals surface area contributed by atoms with E-state index in [0.29, 0.717) is 6.61 Å². The third-order valence-corrected chi connectivity index (χ3v) is 5.44. The number of methoxy groups -OCH3 is 1. The summed E-state index contributed by atoms with van der Waals surface area (Å²) >= 11 is 0. The van der Waals surface area contributed by atoms with Gasteiger partial charge in [0, 0.05) is 50.3 Å². The first-order valence-corrected chi connectivity index (χ1v) is 10.1. The lowest BCUT2D eigenvalue weighted by Gasteiger charge is -2.25. The lowest BCUT2D eigenvalue weighted by atomic mass is 10.1. The maximum absolute atomic E-state index is 5.14. The number of hydrogen-bond acceptors (Lipinski definition) is 4. The van der Waals surface area contributed by atoms with Crippen molar-refractivity contribution in [3.63, 3.8) is 0 Å². The van der Waals surface area contributed by atoms with E-state index < -0.39 is 0 Å². The molecule has 0 saturated carbocycles. The van der Waals surface area contributed by atoms with Crippen LogP contribution < -0.4 is 10.6 Å². The largest absolute Gasteiger partial charge is 0.377 e. The van der Waals surface area contributed by atoms with Crippen LogP contribution in [0.5, 0.6) is 0 Å². The van der Waals surface area contributed by atoms with E-state index in [-0.39, 0.29) is 30.0 Å². The second-order valence-electron chi connectivity index (χ2n) is 7.50. The number of para-hydroxylation sites is 1. The molecule has 3 N–H and O–H groups in total. The summed E-state index contributed by atoms with van der Waals surface area (Å²) < 4.78 is 7.12. The molecule has 30 heavy (non-hydrogen) atoms. The van der Waals surface area contributed by atoms with E-state index >= 15 is 0 Å². The quantitative estimate of drug-likeness (QED) is 0.263. The molecule has 3 aromatic rings. The molecule has 0 radical (unpaired) electrons. The number of H-pyrrole nitrogens is 1. The smallest absolute Gasteiger partial charge is 0.191 e. The predicted octanol–water partition coefficient (Wildman–Crippen LogP) is 2.55. The van der Waals surface area contributed by atoms with Crippen molar-refractivity contribution >= 4 is 40.8 Å². The Labute approximate surface area is 193 Å². The van der Waals surface area contributed by atoms with Gasteiger partial charge in [-0.3, -0.25) is 4.99 Å². The summed E-state index contributed by atoms with van der Waals surface area (Å²) in [6, 6.07) is 6.70. The number of aryl methyl sites for hydroxylation is 2. The van der Waals surface area contributed by atoms with Crippen molar-refractivity contribution < 1.29 is 4.74 Å². The Balaban J connectivity index is 0.00000256. The van der Waals surface area contributed by atoms with E-state index in [1.54, 1.807) is 7.11 Å². The highest BCUT2D eigenvalue weighted by Crippen LogP contribution is 2.21. The number of benzene rings is 1. The van der Waals surface area contributed by atoms with Gasteiger partial charge < -0.3 is 20.4 Å². The van der Waals surface area contributed by atoms with Gasteiger partial charge >= 0.3 is 0 Å². The summed E-state index contributed by atoms with van der Waals surface area (Å²) in [5.74, 6) is 2.61. The fourth-order valence-corrected chi connectivity index (χ4v) is 3.94. The van der Waals surface area contributed by atoms with Crippen molar-refractivity contribution in [3.05, 3.63) is 47.2 Å². The van der Waals surface area contributed by atoms with Crippen LogP contribution in [0, 0.1) is 6.92 Å². The topological polar surface area (TPSA) is 92.2 Å². The zero-order valence-electron chi connectivity index (χ0n) is 17.7. The third-order valence-electron chi connectivity index (χ3n) is 5.44. The van der Waals surface area contributed by atoms with Gasteiger partial charge in [0.25, 0.3) is 0 Å². The second kappa shape index (κ2) is 10.3. The molecule has 1 aliphatic heterocycles. The average molecular weight is 523 g/mol. The maximum atomic E-state index is 5.14. The number of rotatable bonds is 6. The van der Waals surface area contributed by atoms with Crippen LogP contribution in [-0.4, -0.2) is 52.5 Å². The minimum Gasteiger partial charge on any atom is -0.377 e. The van der Waals surface area contributed by atoms with E-state index in [1.807, 2.05) is 11.7 Å². The summed E-state index contributed by atoms with van der Waals surface area (Å²) in [6.45, 7) is 4.19. The molecule has 0 amide bonds. The highest BCUT2D eigenvalue weighted by atomic mass is 127. The predicted molar refractivity (Wildman–Crippen MR) is 129 cm³/mol. The molecule has 0 bridgehead atoms. The number of guanidine groups is 1. The molecule has 2 aromatic heterocycles. The van der Waals surface area contributed by atoms with Gasteiger partial charge in [0.05, 0.1) is 6.54 Å². The van der Waals surface area contributed by atoms with Gasteiger partial charge in [0.1, 0.15) is 12.4 Å². The number of fused-ring (bicyclic) bond motifs is 2. The van der Waals surface area contributed by atoms with Crippen molar-refractivity contribution in [3.8, 4) is 0 Å². The molecular formula is C21H30IN7O. The monoisotopic (exact) mass is 523 g/mol. The normalized spacial score (nSPS) is 16.2.